The van der Waals surface area contributed by atoms with Crippen molar-refractivity contribution in [2.24, 2.45) is 10.4 Å². The zero-order valence-electron chi connectivity index (χ0n) is 17.7. The van der Waals surface area contributed by atoms with E-state index in [4.69, 9.17) is 4.99 Å². The molecular formula is C21H36IN5O2. The van der Waals surface area contributed by atoms with Gasteiger partial charge in [0.05, 0.1) is 0 Å². The number of aliphatic hydroxyl groups is 1. The maximum atomic E-state index is 12.1. The first-order valence-corrected chi connectivity index (χ1v) is 10.4. The summed E-state index contributed by atoms with van der Waals surface area (Å²) in [5, 5.41) is 18.8. The van der Waals surface area contributed by atoms with E-state index in [0.29, 0.717) is 25.3 Å². The molecule has 1 fully saturated rings. The third-order valence-electron chi connectivity index (χ3n) is 5.27. The van der Waals surface area contributed by atoms with Crippen molar-refractivity contribution in [1.29, 1.82) is 0 Å². The molecule has 0 aromatic carbocycles. The van der Waals surface area contributed by atoms with Gasteiger partial charge >= 0.3 is 0 Å². The second-order valence-corrected chi connectivity index (χ2v) is 7.62. The fourth-order valence-corrected chi connectivity index (χ4v) is 3.73. The van der Waals surface area contributed by atoms with Gasteiger partial charge in [-0.2, -0.15) is 0 Å². The zero-order chi connectivity index (χ0) is 20.2. The van der Waals surface area contributed by atoms with Crippen molar-refractivity contribution in [3.63, 3.8) is 0 Å². The first-order chi connectivity index (χ1) is 13.6. The molecule has 7 nitrogen and oxygen atoms in total. The lowest BCUT2D eigenvalue weighted by molar-refractivity contribution is -0.116. The molecule has 8 heteroatoms. The molecule has 29 heavy (non-hydrogen) atoms. The smallest absolute Gasteiger partial charge is 0.227 e. The number of aryl methyl sites for hydroxylation is 1. The minimum Gasteiger partial charge on any atom is -0.396 e. The largest absolute Gasteiger partial charge is 0.396 e. The Morgan fingerprint density at radius 3 is 2.66 bits per heavy atom. The number of nitrogens with one attached hydrogen (secondary N) is 3. The van der Waals surface area contributed by atoms with E-state index in [-0.39, 0.29) is 41.9 Å². The highest BCUT2D eigenvalue weighted by atomic mass is 127. The van der Waals surface area contributed by atoms with Crippen molar-refractivity contribution in [1.82, 2.24) is 15.6 Å². The third-order valence-corrected chi connectivity index (χ3v) is 5.27. The van der Waals surface area contributed by atoms with E-state index in [1.807, 2.05) is 26.0 Å². The summed E-state index contributed by atoms with van der Waals surface area (Å²) in [6.07, 6.45) is 7.10. The molecule has 4 N–H and O–H groups in total. The number of aliphatic imine (C=N–C) groups is 1. The van der Waals surface area contributed by atoms with Gasteiger partial charge in [-0.3, -0.25) is 9.79 Å². The number of anilines is 1. The topological polar surface area (TPSA) is 98.6 Å². The summed E-state index contributed by atoms with van der Waals surface area (Å²) in [5.41, 5.74) is 0.987. The van der Waals surface area contributed by atoms with Gasteiger partial charge in [0.1, 0.15) is 5.82 Å². The lowest BCUT2D eigenvalue weighted by atomic mass is 9.72. The molecule has 1 heterocycles. The number of carbonyl (C=O) groups excluding carboxylic acids is 1. The number of halogens is 1. The highest BCUT2D eigenvalue weighted by molar-refractivity contribution is 14.0. The number of hydrogen-bond donors (Lipinski definition) is 4. The van der Waals surface area contributed by atoms with Gasteiger partial charge in [-0.05, 0) is 50.7 Å². The quantitative estimate of drug-likeness (QED) is 0.229. The fraction of sp³-hybridized carbons (Fsp3) is 0.667. The lowest BCUT2D eigenvalue weighted by Gasteiger charge is -2.35. The Balaban J connectivity index is 0.00000420. The Kier molecular flexibility index (Phi) is 12.1. The summed E-state index contributed by atoms with van der Waals surface area (Å²) >= 11 is 0. The Bertz CT molecular complexity index is 642. The van der Waals surface area contributed by atoms with Crippen LogP contribution in [-0.2, 0) is 4.79 Å². The summed E-state index contributed by atoms with van der Waals surface area (Å²) in [7, 11) is 0. The normalized spacial score (nSPS) is 15.9. The van der Waals surface area contributed by atoms with Gasteiger partial charge in [0.2, 0.25) is 5.91 Å². The van der Waals surface area contributed by atoms with E-state index in [1.54, 1.807) is 6.07 Å². The van der Waals surface area contributed by atoms with Gasteiger partial charge < -0.3 is 21.1 Å². The summed E-state index contributed by atoms with van der Waals surface area (Å²) in [4.78, 5) is 21.2. The van der Waals surface area contributed by atoms with Crippen LogP contribution in [-0.4, -0.2) is 48.2 Å². The maximum Gasteiger partial charge on any atom is 0.227 e. The Morgan fingerprint density at radius 2 is 2.00 bits per heavy atom. The predicted octanol–water partition coefficient (Wildman–Crippen LogP) is 3.22. The molecule has 0 unspecified atom stereocenters. The minimum absolute atomic E-state index is 0. The highest BCUT2D eigenvalue weighted by Crippen LogP contribution is 2.39. The molecule has 0 bridgehead atoms. The van der Waals surface area contributed by atoms with Crippen molar-refractivity contribution in [3.05, 3.63) is 23.9 Å². The van der Waals surface area contributed by atoms with Crippen LogP contribution >= 0.6 is 24.0 Å². The van der Waals surface area contributed by atoms with E-state index in [2.05, 4.69) is 20.9 Å². The van der Waals surface area contributed by atoms with Gasteiger partial charge in [0, 0.05) is 38.4 Å². The zero-order valence-corrected chi connectivity index (χ0v) is 20.0. The van der Waals surface area contributed by atoms with Crippen LogP contribution in [0.15, 0.2) is 23.2 Å². The van der Waals surface area contributed by atoms with E-state index in [9.17, 15) is 9.90 Å². The minimum atomic E-state index is -0.0783. The molecule has 1 aliphatic carbocycles. The van der Waals surface area contributed by atoms with Crippen LogP contribution in [0, 0.1) is 12.3 Å². The molecule has 1 aromatic heterocycles. The molecule has 0 atom stereocenters. The van der Waals surface area contributed by atoms with Crippen molar-refractivity contribution in [2.75, 3.05) is 31.6 Å². The molecule has 0 aliphatic heterocycles. The molecule has 1 aliphatic rings. The van der Waals surface area contributed by atoms with Crippen LogP contribution in [0.25, 0.3) is 0 Å². The van der Waals surface area contributed by atoms with Crippen LogP contribution in [0.5, 0.6) is 0 Å². The van der Waals surface area contributed by atoms with Crippen molar-refractivity contribution < 1.29 is 9.90 Å². The molecule has 0 spiro atoms. The number of carbonyl (C=O) groups is 1. The van der Waals surface area contributed by atoms with Crippen molar-refractivity contribution in [2.45, 2.75) is 58.8 Å². The Hall–Kier alpha value is -1.42. The monoisotopic (exact) mass is 517 g/mol. The number of rotatable bonds is 9. The summed E-state index contributed by atoms with van der Waals surface area (Å²) in [5.74, 6) is 1.23. The molecule has 0 saturated heterocycles. The van der Waals surface area contributed by atoms with Gasteiger partial charge in [-0.25, -0.2) is 4.98 Å². The standard InChI is InChI=1S/C21H35N5O2.HI/c1-3-22-20(24-16-21(13-15-27)11-5-4-6-12-21)23-14-10-19(28)26-18-9-7-8-17(2)25-18;/h7-9,27H,3-6,10-16H2,1-2H3,(H2,22,23,24)(H,25,26,28);1H. The van der Waals surface area contributed by atoms with Crippen molar-refractivity contribution in [3.8, 4) is 0 Å². The second-order valence-electron chi connectivity index (χ2n) is 7.62. The fourth-order valence-electron chi connectivity index (χ4n) is 3.73. The average molecular weight is 517 g/mol. The molecule has 1 saturated carbocycles. The first-order valence-electron chi connectivity index (χ1n) is 10.4. The van der Waals surface area contributed by atoms with Crippen LogP contribution in [0.1, 0.15) is 57.6 Å². The van der Waals surface area contributed by atoms with Crippen LogP contribution in [0.2, 0.25) is 0 Å². The second kappa shape index (κ2) is 13.7. The lowest BCUT2D eigenvalue weighted by Crippen LogP contribution is -2.40. The first kappa shape index (κ1) is 25.6. The average Bonchev–Trinajstić information content (AvgIpc) is 2.67. The number of nitrogens with zero attached hydrogens (tertiary/aromatic N) is 2. The molecule has 0 radical (unpaired) electrons. The number of amides is 1. The van der Waals surface area contributed by atoms with Gasteiger partial charge in [0.15, 0.2) is 5.96 Å². The van der Waals surface area contributed by atoms with E-state index in [1.165, 1.54) is 19.3 Å². The summed E-state index contributed by atoms with van der Waals surface area (Å²) in [6, 6.07) is 5.56. The SMILES string of the molecule is CCNC(=NCC1(CCO)CCCCC1)NCCC(=O)Nc1cccc(C)n1.I. The van der Waals surface area contributed by atoms with E-state index < -0.39 is 0 Å². The van der Waals surface area contributed by atoms with E-state index in [0.717, 1.165) is 37.5 Å². The number of aromatic nitrogens is 1. The van der Waals surface area contributed by atoms with Crippen LogP contribution < -0.4 is 16.0 Å². The summed E-state index contributed by atoms with van der Waals surface area (Å²) in [6.45, 7) is 6.10. The molecule has 2 rings (SSSR count). The van der Waals surface area contributed by atoms with Gasteiger partial charge in [-0.1, -0.05) is 25.3 Å². The molecule has 164 valence electrons. The molecular weight excluding hydrogens is 481 g/mol. The number of pyridine rings is 1. The molecule has 1 aromatic rings. The van der Waals surface area contributed by atoms with Crippen LogP contribution in [0.3, 0.4) is 0 Å². The van der Waals surface area contributed by atoms with E-state index >= 15 is 0 Å². The predicted molar refractivity (Wildman–Crippen MR) is 129 cm³/mol. The number of hydrogen-bond acceptors (Lipinski definition) is 4. The van der Waals surface area contributed by atoms with Crippen molar-refractivity contribution >= 4 is 41.7 Å². The summed E-state index contributed by atoms with van der Waals surface area (Å²) < 4.78 is 0. The van der Waals surface area contributed by atoms with Gasteiger partial charge in [-0.15, -0.1) is 24.0 Å². The number of guanidine groups is 1. The number of aliphatic hydroxyl groups excluding tert-OH is 1. The Labute approximate surface area is 191 Å². The highest BCUT2D eigenvalue weighted by Gasteiger charge is 2.31. The van der Waals surface area contributed by atoms with Gasteiger partial charge in [0.25, 0.3) is 0 Å². The third kappa shape index (κ3) is 9.29. The van der Waals surface area contributed by atoms with Crippen LogP contribution in [0.4, 0.5) is 5.82 Å². The maximum absolute atomic E-state index is 12.1. The molecule has 1 amide bonds. The Morgan fingerprint density at radius 1 is 1.24 bits per heavy atom.